The third-order valence-electron chi connectivity index (χ3n) is 23.2. The van der Waals surface area contributed by atoms with E-state index in [1.54, 1.807) is 0 Å². The second kappa shape index (κ2) is 27.1. The van der Waals surface area contributed by atoms with Crippen LogP contribution in [0.2, 0.25) is 0 Å². The first-order valence-corrected chi connectivity index (χ1v) is 39.4. The molecule has 24 rings (SSSR count). The number of hydrogen-bond acceptors (Lipinski definition) is 5. The fourth-order valence-corrected chi connectivity index (χ4v) is 17.8. The van der Waals surface area contributed by atoms with Crippen molar-refractivity contribution in [1.82, 2.24) is 43.2 Å². The third-order valence-corrected chi connectivity index (χ3v) is 23.2. The third kappa shape index (κ3) is 11.0. The van der Waals surface area contributed by atoms with Crippen LogP contribution in [-0.2, 0) is 0 Å². The Kier molecular flexibility index (Phi) is 15.4. The van der Waals surface area contributed by atoms with Gasteiger partial charge in [-0.25, -0.2) is 24.9 Å². The lowest BCUT2D eigenvalue weighted by molar-refractivity contribution is 1.07. The first-order valence-electron chi connectivity index (χ1n) is 39.4. The normalized spacial score (nSPS) is 11.8. The molecule has 0 unspecified atom stereocenters. The molecule has 0 bridgehead atoms. The Balaban J connectivity index is 0.000000137. The largest absolute Gasteiger partial charge is 0.309 e. The van der Waals surface area contributed by atoms with Crippen LogP contribution in [0.4, 0.5) is 0 Å². The van der Waals surface area contributed by atoms with E-state index in [4.69, 9.17) is 24.9 Å². The smallest absolute Gasteiger partial charge is 0.164 e. The van der Waals surface area contributed by atoms with E-state index in [2.05, 4.69) is 376 Å². The molecule has 18 aromatic carbocycles. The van der Waals surface area contributed by atoms with E-state index in [9.17, 15) is 0 Å². The van der Waals surface area contributed by atoms with Gasteiger partial charge in [-0.1, -0.05) is 303 Å². The molecule has 9 nitrogen and oxygen atoms in total. The summed E-state index contributed by atoms with van der Waals surface area (Å²) < 4.78 is 9.75. The van der Waals surface area contributed by atoms with Gasteiger partial charge in [-0.2, -0.15) is 0 Å². The second-order valence-corrected chi connectivity index (χ2v) is 29.9. The van der Waals surface area contributed by atoms with E-state index in [0.717, 1.165) is 117 Å². The van der Waals surface area contributed by atoms with Crippen LogP contribution in [0, 0.1) is 0 Å². The summed E-state index contributed by atoms with van der Waals surface area (Å²) in [4.78, 5) is 25.8. The lowest BCUT2D eigenvalue weighted by atomic mass is 10.0. The van der Waals surface area contributed by atoms with E-state index >= 15 is 0 Å². The minimum absolute atomic E-state index is 0.624. The van der Waals surface area contributed by atoms with Crippen molar-refractivity contribution in [1.29, 1.82) is 0 Å². The molecule has 0 saturated heterocycles. The molecular formula is C107H67N9. The number of hydrogen-bond donors (Lipinski definition) is 0. The summed E-state index contributed by atoms with van der Waals surface area (Å²) in [5, 5.41) is 19.2. The quantitative estimate of drug-likeness (QED) is 0.136. The highest BCUT2D eigenvalue weighted by atomic mass is 15.1. The molecule has 6 heterocycles. The summed E-state index contributed by atoms with van der Waals surface area (Å²) in [5.41, 5.74) is 21.3. The summed E-state index contributed by atoms with van der Waals surface area (Å²) in [7, 11) is 0. The maximum atomic E-state index is 5.26. The van der Waals surface area contributed by atoms with E-state index in [1.807, 2.05) is 48.5 Å². The molecule has 0 radical (unpaired) electrons. The van der Waals surface area contributed by atoms with Crippen molar-refractivity contribution in [3.63, 3.8) is 0 Å². The monoisotopic (exact) mass is 1480 g/mol. The fraction of sp³-hybridized carbons (Fsp3) is 0. The molecule has 0 saturated carbocycles. The van der Waals surface area contributed by atoms with E-state index in [0.29, 0.717) is 23.3 Å². The highest BCUT2D eigenvalue weighted by molar-refractivity contribution is 6.22. The van der Waals surface area contributed by atoms with Crippen molar-refractivity contribution < 1.29 is 0 Å². The average molecular weight is 1480 g/mol. The van der Waals surface area contributed by atoms with Crippen molar-refractivity contribution in [3.05, 3.63) is 406 Å². The van der Waals surface area contributed by atoms with Crippen molar-refractivity contribution in [3.8, 4) is 90.8 Å². The van der Waals surface area contributed by atoms with Crippen LogP contribution < -0.4 is 0 Å². The number of nitrogens with zero attached hydrogens (tertiary/aromatic N) is 9. The van der Waals surface area contributed by atoms with Crippen LogP contribution in [-0.4, -0.2) is 43.2 Å². The van der Waals surface area contributed by atoms with Gasteiger partial charge in [-0.15, -0.1) is 0 Å². The zero-order chi connectivity index (χ0) is 76.3. The van der Waals surface area contributed by atoms with Crippen molar-refractivity contribution in [2.45, 2.75) is 0 Å². The van der Waals surface area contributed by atoms with Gasteiger partial charge in [0.25, 0.3) is 0 Å². The Labute approximate surface area is 666 Å². The summed E-state index contributed by atoms with van der Waals surface area (Å²) in [6.45, 7) is 0. The minimum atomic E-state index is 0.624. The van der Waals surface area contributed by atoms with Crippen molar-refractivity contribution >= 4 is 130 Å². The number of rotatable bonds is 10. The van der Waals surface area contributed by atoms with Gasteiger partial charge in [0, 0.05) is 98.6 Å². The maximum absolute atomic E-state index is 5.26. The Morgan fingerprint density at radius 3 is 0.810 bits per heavy atom. The van der Waals surface area contributed by atoms with Crippen LogP contribution in [0.25, 0.3) is 221 Å². The number of para-hydroxylation sites is 4. The van der Waals surface area contributed by atoms with Crippen molar-refractivity contribution in [2.75, 3.05) is 0 Å². The minimum Gasteiger partial charge on any atom is -0.309 e. The van der Waals surface area contributed by atoms with Crippen LogP contribution in [0.15, 0.2) is 406 Å². The van der Waals surface area contributed by atoms with Gasteiger partial charge in [0.2, 0.25) is 0 Å². The van der Waals surface area contributed by atoms with Gasteiger partial charge in [0.1, 0.15) is 0 Å². The highest BCUT2D eigenvalue weighted by Crippen LogP contribution is 2.46. The number of benzene rings is 18. The molecule has 0 amide bonds. The lowest BCUT2D eigenvalue weighted by Gasteiger charge is -2.15. The molecule has 0 spiro atoms. The van der Waals surface area contributed by atoms with Gasteiger partial charge in [0.05, 0.1) is 66.9 Å². The molecule has 0 fully saturated rings. The Morgan fingerprint density at radius 1 is 0.147 bits per heavy atom. The molecule has 6 aromatic heterocycles. The van der Waals surface area contributed by atoms with Gasteiger partial charge in [-0.3, -0.25) is 0 Å². The topological polar surface area (TPSA) is 84.2 Å². The predicted octanol–water partition coefficient (Wildman–Crippen LogP) is 27.4. The molecule has 540 valence electrons. The zero-order valence-corrected chi connectivity index (χ0v) is 62.7. The molecule has 116 heavy (non-hydrogen) atoms. The fourth-order valence-electron chi connectivity index (χ4n) is 17.8. The van der Waals surface area contributed by atoms with Gasteiger partial charge in [0.15, 0.2) is 23.3 Å². The van der Waals surface area contributed by atoms with Gasteiger partial charge < -0.3 is 18.3 Å². The maximum Gasteiger partial charge on any atom is 0.164 e. The van der Waals surface area contributed by atoms with Crippen LogP contribution >= 0.6 is 0 Å². The molecule has 0 N–H and O–H groups in total. The van der Waals surface area contributed by atoms with E-state index in [-0.39, 0.29) is 0 Å². The Hall–Kier alpha value is -15.7. The van der Waals surface area contributed by atoms with E-state index < -0.39 is 0 Å². The van der Waals surface area contributed by atoms with Gasteiger partial charge >= 0.3 is 0 Å². The molecule has 9 heteroatoms. The summed E-state index contributed by atoms with van der Waals surface area (Å²) in [6.07, 6.45) is 0. The second-order valence-electron chi connectivity index (χ2n) is 29.9. The molecule has 0 atom stereocenters. The standard InChI is InChI=1S/C54H34N4.C53H33N5/c1-3-16-36(17-4-1)47-33-48(37-18-5-2-6-19-37)56-54(55-47)40-29-39-21-9-10-22-42(39)51(31-40)58-50-26-14-12-24-44(50)46-32-45-43-23-11-13-25-49(43)57(52(45)34-53(46)58)41-28-27-35-15-7-8-20-38(35)30-41;1-3-16-35(17-4-1)51-54-52(36-18-5-2-6-19-36)56-53(55-51)39-29-38-21-9-10-22-41(38)48(31-39)58-47-26-14-12-24-43(47)45-32-44-42-23-11-13-25-46(42)57(49(44)33-50(45)58)40-28-27-34-15-7-8-20-37(34)30-40/h1-34H;1-33H. The lowest BCUT2D eigenvalue weighted by Crippen LogP contribution is -2.02. The average Bonchev–Trinajstić information content (AvgIpc) is 1.55. The van der Waals surface area contributed by atoms with Crippen LogP contribution in [0.5, 0.6) is 0 Å². The van der Waals surface area contributed by atoms with Crippen LogP contribution in [0.1, 0.15) is 0 Å². The molecule has 0 aliphatic rings. The summed E-state index contributed by atoms with van der Waals surface area (Å²) in [5.74, 6) is 2.59. The molecule has 24 aromatic rings. The number of aromatic nitrogens is 9. The predicted molar refractivity (Wildman–Crippen MR) is 482 cm³/mol. The zero-order valence-electron chi connectivity index (χ0n) is 62.7. The first kappa shape index (κ1) is 66.1. The first-order chi connectivity index (χ1) is 57.5. The molecule has 0 aliphatic carbocycles. The Bertz CT molecular complexity index is 7490. The van der Waals surface area contributed by atoms with Crippen LogP contribution in [0.3, 0.4) is 0 Å². The van der Waals surface area contributed by atoms with Crippen molar-refractivity contribution in [2.24, 2.45) is 0 Å². The van der Waals surface area contributed by atoms with E-state index in [1.165, 1.54) is 81.2 Å². The summed E-state index contributed by atoms with van der Waals surface area (Å²) >= 11 is 0. The molecule has 0 aliphatic heterocycles. The number of fused-ring (bicyclic) bond motifs is 16. The molecular weight excluding hydrogens is 1410 g/mol. The summed E-state index contributed by atoms with van der Waals surface area (Å²) in [6, 6.07) is 145. The SMILES string of the molecule is c1ccc(-c2cc(-c3ccccc3)nc(-c3cc(-n4c5ccccc5c5cc6c7ccccc7n(-c7ccc8ccccc8c7)c6cc54)c4ccccc4c3)n2)cc1.c1ccc(-c2nc(-c3ccccc3)nc(-c3cc(-n4c5ccccc5c5cc6c7ccccc7n(-c7ccc8ccccc8c7)c6cc54)c4ccccc4c3)n2)cc1. The van der Waals surface area contributed by atoms with Gasteiger partial charge in [-0.05, 0) is 135 Å². The Morgan fingerprint density at radius 2 is 0.431 bits per heavy atom. The highest BCUT2D eigenvalue weighted by Gasteiger charge is 2.25.